The number of imidazole rings is 1. The molecule has 0 amide bonds. The summed E-state index contributed by atoms with van der Waals surface area (Å²) < 4.78 is 196. The zero-order valence-electron chi connectivity index (χ0n) is 73.9. The van der Waals surface area contributed by atoms with Crippen molar-refractivity contribution in [1.82, 2.24) is 14.1 Å². The first kappa shape index (κ1) is 45.0. The number of aromatic nitrogens is 4. The van der Waals surface area contributed by atoms with Crippen LogP contribution < -0.4 is 30.1 Å². The molecule has 14 rings (SSSR count). The second-order valence-corrected chi connectivity index (χ2v) is 31.4. The molecule has 7 heteroatoms. The average molecular weight is 1450 g/mol. The second kappa shape index (κ2) is 25.0. The molecule has 5 nitrogen and oxygen atoms in total. The summed E-state index contributed by atoms with van der Waals surface area (Å²) >= 11 is 0. The summed E-state index contributed by atoms with van der Waals surface area (Å²) in [5, 5.41) is -1.83. The van der Waals surface area contributed by atoms with Gasteiger partial charge in [-0.3, -0.25) is 4.57 Å². The van der Waals surface area contributed by atoms with E-state index in [-0.39, 0.29) is 48.9 Å². The molecule has 0 saturated carbocycles. The van der Waals surface area contributed by atoms with Crippen LogP contribution in [-0.4, -0.2) is 22.2 Å². The van der Waals surface area contributed by atoms with Gasteiger partial charge in [-0.2, -0.15) is 18.2 Å². The van der Waals surface area contributed by atoms with Gasteiger partial charge in [0.05, 0.1) is 42.8 Å². The summed E-state index contributed by atoms with van der Waals surface area (Å²) in [5.74, 6) is 1.36. The summed E-state index contributed by atoms with van der Waals surface area (Å²) in [6.07, 6.45) is 5.52. The molecule has 3 heterocycles. The Morgan fingerprint density at radius 1 is 0.442 bits per heavy atom. The number of rotatable bonds is 12. The minimum absolute atomic E-state index is 0. The Hall–Kier alpha value is -9.45. The summed E-state index contributed by atoms with van der Waals surface area (Å²) in [6.45, 7) is 25.4. The van der Waals surface area contributed by atoms with Crippen molar-refractivity contribution in [3.05, 3.63) is 307 Å². The van der Waals surface area contributed by atoms with E-state index >= 15 is 0 Å². The molecule has 0 fully saturated rings. The molecule has 0 aliphatic rings. The molecule has 0 unspecified atom stereocenters. The summed E-state index contributed by atoms with van der Waals surface area (Å²) in [7, 11) is -6.30. The van der Waals surface area contributed by atoms with E-state index in [2.05, 4.69) is 149 Å². The molecule has 0 aliphatic carbocycles. The predicted octanol–water partition coefficient (Wildman–Crippen LogP) is 19.2. The Labute approximate surface area is 603 Å². The van der Waals surface area contributed by atoms with Crippen molar-refractivity contribution in [3.63, 3.8) is 0 Å². The molecule has 0 bridgehead atoms. The van der Waals surface area contributed by atoms with Crippen LogP contribution in [0.2, 0.25) is 0 Å². The molecule has 0 aliphatic heterocycles. The summed E-state index contributed by atoms with van der Waals surface area (Å²) in [5.41, 5.74) is 8.26. The third kappa shape index (κ3) is 12.2. The van der Waals surface area contributed by atoms with Crippen molar-refractivity contribution < 1.29 is 56.4 Å². The van der Waals surface area contributed by atoms with Crippen molar-refractivity contribution in [1.29, 1.82) is 0 Å². The number of nitrogens with zero attached hydrogens (tertiary/aromatic N) is 4. The van der Waals surface area contributed by atoms with E-state index < -0.39 is 160 Å². The number of benzene rings is 11. The first-order valence-corrected chi connectivity index (χ1v) is 33.4. The topological polar surface area (TPSA) is 35.9 Å². The maximum absolute atomic E-state index is 11.2. The SMILES string of the molecule is [2H]c1c([2H])c([2H])c([Si](c2c([2H])c([2H])c([2H])c([2H])c2[2H])(c2c([2H])c([2H])c([2H])c([2H])c2[2H])c2c([2H])c([2H])c([2H])c(-c3cccc(-c4cc(C(C)(C)C)cc(C(C)(C)C)c4)c3-[n+]3[c-]n(-c4[c-]c(Oc5[c-]c6c(cc5)c5ccccc5n6-c5cc(C(C)(C)C)ccn5)ccc4)c4cc(-c5ccc(C(C)(C)C)cc5)ccc43)c2[2H])c([2H])c1[2H].[Pt]. The van der Waals surface area contributed by atoms with Gasteiger partial charge in [0.25, 0.3) is 6.33 Å². The molecule has 474 valence electrons. The van der Waals surface area contributed by atoms with Crippen LogP contribution in [0, 0.1) is 18.5 Å². The summed E-state index contributed by atoms with van der Waals surface area (Å²) in [4.78, 5) is 4.88. The van der Waals surface area contributed by atoms with Crippen LogP contribution in [0.25, 0.3) is 83.4 Å². The predicted molar refractivity (Wildman–Crippen MR) is 395 cm³/mol. The van der Waals surface area contributed by atoms with Gasteiger partial charge in [-0.15, -0.1) is 29.7 Å². The van der Waals surface area contributed by atoms with Crippen molar-refractivity contribution in [3.8, 4) is 62.1 Å². The first-order valence-electron chi connectivity index (χ1n) is 40.9. The van der Waals surface area contributed by atoms with E-state index in [0.29, 0.717) is 39.4 Å². The third-order valence-corrected chi connectivity index (χ3v) is 21.5. The maximum Gasteiger partial charge on any atom is 0.268 e. The van der Waals surface area contributed by atoms with Gasteiger partial charge in [0.2, 0.25) is 0 Å². The van der Waals surface area contributed by atoms with E-state index in [1.165, 1.54) is 0 Å². The number of hydrogen-bond acceptors (Lipinski definition) is 2. The molecule has 11 aromatic carbocycles. The van der Waals surface area contributed by atoms with E-state index in [0.717, 1.165) is 55.2 Å². The fraction of sp³-hybridized carbons (Fsp3) is 0.182. The number of pyridine rings is 1. The Morgan fingerprint density at radius 2 is 1.01 bits per heavy atom. The number of para-hydroxylation sites is 2. The Morgan fingerprint density at radius 3 is 1.63 bits per heavy atom. The van der Waals surface area contributed by atoms with Crippen LogP contribution in [0.1, 0.15) is 131 Å². The molecule has 0 spiro atoms. The van der Waals surface area contributed by atoms with Gasteiger partial charge in [0, 0.05) is 44.3 Å². The van der Waals surface area contributed by atoms with Crippen molar-refractivity contribution in [2.45, 2.75) is 105 Å². The monoisotopic (exact) mass is 1450 g/mol. The van der Waals surface area contributed by atoms with E-state index in [1.807, 2.05) is 91.1 Å². The van der Waals surface area contributed by atoms with Gasteiger partial charge in [0.15, 0.2) is 8.07 Å². The van der Waals surface area contributed by atoms with Crippen molar-refractivity contribution in [2.24, 2.45) is 0 Å². The van der Waals surface area contributed by atoms with Gasteiger partial charge in [-0.25, -0.2) is 4.98 Å². The van der Waals surface area contributed by atoms with Crippen LogP contribution in [0.3, 0.4) is 0 Å². The second-order valence-electron chi connectivity index (χ2n) is 27.9. The Kier molecular flexibility index (Phi) is 11.9. The molecule has 0 N–H and O–H groups in total. The first-order chi connectivity index (χ1) is 53.0. The summed E-state index contributed by atoms with van der Waals surface area (Å²) in [6, 6.07) is 34.4. The zero-order valence-corrected chi connectivity index (χ0v) is 58.2. The zero-order chi connectivity index (χ0) is 81.8. The fourth-order valence-corrected chi connectivity index (χ4v) is 15.9. The van der Waals surface area contributed by atoms with Crippen molar-refractivity contribution >= 4 is 61.7 Å². The number of fused-ring (bicyclic) bond motifs is 4. The quantitative estimate of drug-likeness (QED) is 0.0529. The van der Waals surface area contributed by atoms with Gasteiger partial charge in [-0.05, 0) is 133 Å². The van der Waals surface area contributed by atoms with Crippen LogP contribution in [0.5, 0.6) is 11.5 Å². The van der Waals surface area contributed by atoms with Crippen molar-refractivity contribution in [2.75, 3.05) is 0 Å². The molecular formula is C88H80N4OPtSi-2. The maximum atomic E-state index is 11.2. The molecule has 95 heavy (non-hydrogen) atoms. The standard InChI is InChI=1S/C88H80N4OSi.Pt/c1-85(2,3)64-44-41-60(42-45-64)61-43-48-80-82(54-61)90(68-28-25-29-69(57-68)93-70-46-47-78-77-37-22-23-40-79(77)92(81(78)58-70)83-56-65(49-50-89-83)86(4,5)6)59-91(80)84-75(38-26-39-76(84)63-51-66(87(7,8)9)55-67(52-63)88(10,11)12)62-27-24-36-74(53-62)94(71-30-16-13-17-31-71,72-32-18-14-19-33-72)73-34-20-15-21-35-73;/h13-56H,1-12H3;/q-2;/i13D,14D,15D,16D,17D,18D,19D,20D,21D,24D,27D,30D,31D,32D,33D,34D,35D,36D,53D;. The molecule has 14 aromatic rings. The Bertz CT molecular complexity index is 6060. The van der Waals surface area contributed by atoms with Crippen LogP contribution in [-0.2, 0) is 42.7 Å². The number of hydrogen-bond donors (Lipinski definition) is 0. The van der Waals surface area contributed by atoms with Gasteiger partial charge < -0.3 is 13.9 Å². The van der Waals surface area contributed by atoms with E-state index in [9.17, 15) is 21.9 Å². The minimum atomic E-state index is -6.30. The molecule has 3 aromatic heterocycles. The Balaban J connectivity index is 0.0000113. The third-order valence-electron chi connectivity index (χ3n) is 17.5. The van der Waals surface area contributed by atoms with Gasteiger partial charge in [-0.1, -0.05) is 294 Å². The van der Waals surface area contributed by atoms with E-state index in [4.69, 9.17) is 13.8 Å². The molecule has 0 atom stereocenters. The normalized spacial score (nSPS) is 15.1. The molecule has 0 saturated heterocycles. The van der Waals surface area contributed by atoms with Gasteiger partial charge >= 0.3 is 0 Å². The minimum Gasteiger partial charge on any atom is -0.510 e. The molecular weight excluding hydrogens is 1350 g/mol. The van der Waals surface area contributed by atoms with Crippen LogP contribution >= 0.6 is 0 Å². The average Bonchev–Trinajstić information content (AvgIpc) is 0.796. The smallest absolute Gasteiger partial charge is 0.268 e. The van der Waals surface area contributed by atoms with Gasteiger partial charge in [0.1, 0.15) is 5.82 Å². The van der Waals surface area contributed by atoms with Crippen LogP contribution in [0.15, 0.2) is 267 Å². The molecule has 0 radical (unpaired) electrons. The van der Waals surface area contributed by atoms with Crippen LogP contribution in [0.4, 0.5) is 0 Å². The fourth-order valence-electron chi connectivity index (χ4n) is 12.3. The van der Waals surface area contributed by atoms with E-state index in [1.54, 1.807) is 27.3 Å². The number of ether oxygens (including phenoxy) is 1. The largest absolute Gasteiger partial charge is 0.510 e.